The van der Waals surface area contributed by atoms with E-state index in [1.807, 2.05) is 0 Å². The summed E-state index contributed by atoms with van der Waals surface area (Å²) in [5.41, 5.74) is 0.753. The van der Waals surface area contributed by atoms with Crippen LogP contribution in [0, 0.1) is 5.82 Å². The minimum absolute atomic E-state index is 0.300. The quantitative estimate of drug-likeness (QED) is 0.798. The van der Waals surface area contributed by atoms with E-state index in [4.69, 9.17) is 11.6 Å². The summed E-state index contributed by atoms with van der Waals surface area (Å²) in [6.07, 6.45) is 2.04. The monoisotopic (exact) mass is 215 g/mol. The molecule has 14 heavy (non-hydrogen) atoms. The van der Waals surface area contributed by atoms with Crippen LogP contribution in [0.5, 0.6) is 0 Å². The van der Waals surface area contributed by atoms with Gasteiger partial charge in [0.25, 0.3) is 0 Å². The van der Waals surface area contributed by atoms with Crippen molar-refractivity contribution in [1.82, 2.24) is 0 Å². The van der Waals surface area contributed by atoms with Crippen LogP contribution in [0.15, 0.2) is 18.2 Å². The summed E-state index contributed by atoms with van der Waals surface area (Å²) in [4.78, 5) is 0. The summed E-state index contributed by atoms with van der Waals surface area (Å²) in [5, 5.41) is 3.66. The van der Waals surface area contributed by atoms with Crippen LogP contribution in [-0.2, 0) is 0 Å². The Balaban J connectivity index is 2.75. The predicted molar refractivity (Wildman–Crippen MR) is 59.4 cm³/mol. The van der Waals surface area contributed by atoms with Crippen LogP contribution in [0.2, 0.25) is 5.02 Å². The van der Waals surface area contributed by atoms with Gasteiger partial charge in [0.05, 0.1) is 0 Å². The molecule has 0 aliphatic carbocycles. The third-order valence-electron chi connectivity index (χ3n) is 2.22. The third-order valence-corrected chi connectivity index (χ3v) is 2.44. The Morgan fingerprint density at radius 3 is 2.43 bits per heavy atom. The molecule has 0 bridgehead atoms. The second kappa shape index (κ2) is 5.20. The number of rotatable bonds is 4. The van der Waals surface area contributed by atoms with Crippen molar-refractivity contribution >= 4 is 17.3 Å². The van der Waals surface area contributed by atoms with E-state index in [1.54, 1.807) is 6.07 Å². The van der Waals surface area contributed by atoms with Crippen molar-refractivity contribution in [2.45, 2.75) is 32.7 Å². The Bertz CT molecular complexity index is 277. The summed E-state index contributed by atoms with van der Waals surface area (Å²) in [6, 6.07) is 4.89. The molecule has 0 aromatic heterocycles. The Morgan fingerprint density at radius 1 is 1.29 bits per heavy atom. The smallest absolute Gasteiger partial charge is 0.126 e. The number of hydrogen-bond donors (Lipinski definition) is 1. The van der Waals surface area contributed by atoms with Crippen LogP contribution in [0.25, 0.3) is 0 Å². The van der Waals surface area contributed by atoms with Gasteiger partial charge in [-0.05, 0) is 31.0 Å². The van der Waals surface area contributed by atoms with E-state index in [9.17, 15) is 4.39 Å². The summed E-state index contributed by atoms with van der Waals surface area (Å²) in [6.45, 7) is 4.20. The zero-order valence-corrected chi connectivity index (χ0v) is 9.24. The maximum atomic E-state index is 13.0. The Labute approximate surface area is 89.3 Å². The van der Waals surface area contributed by atoms with E-state index in [0.29, 0.717) is 11.1 Å². The first-order chi connectivity index (χ1) is 6.65. The minimum Gasteiger partial charge on any atom is -0.382 e. The first kappa shape index (κ1) is 11.3. The van der Waals surface area contributed by atoms with E-state index < -0.39 is 0 Å². The number of anilines is 1. The van der Waals surface area contributed by atoms with Crippen LogP contribution >= 0.6 is 11.6 Å². The van der Waals surface area contributed by atoms with Crippen molar-refractivity contribution in [2.75, 3.05) is 5.32 Å². The molecular weight excluding hydrogens is 201 g/mol. The van der Waals surface area contributed by atoms with E-state index in [2.05, 4.69) is 19.2 Å². The summed E-state index contributed by atoms with van der Waals surface area (Å²) in [7, 11) is 0. The van der Waals surface area contributed by atoms with Crippen molar-refractivity contribution in [3.05, 3.63) is 29.0 Å². The SMILES string of the molecule is CCC(CC)Nc1cc(F)cc(Cl)c1. The van der Waals surface area contributed by atoms with Crippen molar-refractivity contribution in [2.24, 2.45) is 0 Å². The number of hydrogen-bond acceptors (Lipinski definition) is 1. The summed E-state index contributed by atoms with van der Waals surface area (Å²) < 4.78 is 13.0. The van der Waals surface area contributed by atoms with Gasteiger partial charge in [-0.15, -0.1) is 0 Å². The van der Waals surface area contributed by atoms with Gasteiger partial charge in [0, 0.05) is 16.8 Å². The molecule has 1 rings (SSSR count). The fraction of sp³-hybridized carbons (Fsp3) is 0.455. The van der Waals surface area contributed by atoms with Gasteiger partial charge in [-0.1, -0.05) is 25.4 Å². The maximum absolute atomic E-state index is 13.0. The van der Waals surface area contributed by atoms with Crippen molar-refractivity contribution in [1.29, 1.82) is 0 Å². The molecular formula is C11H15ClFN. The molecule has 1 nitrogen and oxygen atoms in total. The average molecular weight is 216 g/mol. The molecule has 0 aliphatic rings. The topological polar surface area (TPSA) is 12.0 Å². The van der Waals surface area contributed by atoms with Gasteiger partial charge < -0.3 is 5.32 Å². The van der Waals surface area contributed by atoms with Crippen LogP contribution in [0.1, 0.15) is 26.7 Å². The highest BCUT2D eigenvalue weighted by molar-refractivity contribution is 6.30. The highest BCUT2D eigenvalue weighted by Gasteiger charge is 2.04. The predicted octanol–water partition coefficient (Wildman–Crippen LogP) is 4.08. The van der Waals surface area contributed by atoms with Gasteiger partial charge in [-0.3, -0.25) is 0 Å². The van der Waals surface area contributed by atoms with E-state index >= 15 is 0 Å². The van der Waals surface area contributed by atoms with Gasteiger partial charge in [-0.25, -0.2) is 4.39 Å². The van der Waals surface area contributed by atoms with E-state index in [0.717, 1.165) is 18.5 Å². The molecule has 78 valence electrons. The fourth-order valence-corrected chi connectivity index (χ4v) is 1.59. The van der Waals surface area contributed by atoms with Crippen LogP contribution < -0.4 is 5.32 Å². The molecule has 0 spiro atoms. The lowest BCUT2D eigenvalue weighted by Crippen LogP contribution is -2.16. The molecule has 0 radical (unpaired) electrons. The standard InChI is InChI=1S/C11H15ClFN/c1-3-10(4-2)14-11-6-8(12)5-9(13)7-11/h5-7,10,14H,3-4H2,1-2H3. The molecule has 3 heteroatoms. The van der Waals surface area contributed by atoms with Crippen molar-refractivity contribution < 1.29 is 4.39 Å². The lowest BCUT2D eigenvalue weighted by Gasteiger charge is -2.16. The summed E-state index contributed by atoms with van der Waals surface area (Å²) >= 11 is 5.74. The summed E-state index contributed by atoms with van der Waals surface area (Å²) in [5.74, 6) is -0.300. The highest BCUT2D eigenvalue weighted by atomic mass is 35.5. The number of halogens is 2. The minimum atomic E-state index is -0.300. The molecule has 0 atom stereocenters. The molecule has 1 aromatic carbocycles. The van der Waals surface area contributed by atoms with Gasteiger partial charge in [0.2, 0.25) is 0 Å². The van der Waals surface area contributed by atoms with E-state index in [-0.39, 0.29) is 5.82 Å². The average Bonchev–Trinajstić information content (AvgIpc) is 2.12. The molecule has 1 aromatic rings. The fourth-order valence-electron chi connectivity index (χ4n) is 1.37. The number of nitrogens with one attached hydrogen (secondary N) is 1. The van der Waals surface area contributed by atoms with Crippen LogP contribution in [0.3, 0.4) is 0 Å². The second-order valence-corrected chi connectivity index (χ2v) is 3.75. The zero-order valence-electron chi connectivity index (χ0n) is 8.48. The normalized spacial score (nSPS) is 10.6. The van der Waals surface area contributed by atoms with Gasteiger partial charge in [0.15, 0.2) is 0 Å². The first-order valence-corrected chi connectivity index (χ1v) is 5.26. The van der Waals surface area contributed by atoms with Crippen LogP contribution in [0.4, 0.5) is 10.1 Å². The van der Waals surface area contributed by atoms with Gasteiger partial charge >= 0.3 is 0 Å². The Morgan fingerprint density at radius 2 is 1.93 bits per heavy atom. The number of benzene rings is 1. The van der Waals surface area contributed by atoms with Crippen molar-refractivity contribution in [3.63, 3.8) is 0 Å². The molecule has 0 saturated heterocycles. The molecule has 0 saturated carbocycles. The molecule has 0 unspecified atom stereocenters. The molecule has 1 N–H and O–H groups in total. The Kier molecular flexibility index (Phi) is 4.21. The lowest BCUT2D eigenvalue weighted by atomic mass is 10.1. The van der Waals surface area contributed by atoms with Gasteiger partial charge in [0.1, 0.15) is 5.82 Å². The highest BCUT2D eigenvalue weighted by Crippen LogP contribution is 2.19. The molecule has 0 fully saturated rings. The van der Waals surface area contributed by atoms with Crippen molar-refractivity contribution in [3.8, 4) is 0 Å². The largest absolute Gasteiger partial charge is 0.382 e. The molecule has 0 heterocycles. The van der Waals surface area contributed by atoms with E-state index in [1.165, 1.54) is 12.1 Å². The second-order valence-electron chi connectivity index (χ2n) is 3.32. The third kappa shape index (κ3) is 3.18. The van der Waals surface area contributed by atoms with Crippen LogP contribution in [-0.4, -0.2) is 6.04 Å². The lowest BCUT2D eigenvalue weighted by molar-refractivity contribution is 0.626. The first-order valence-electron chi connectivity index (χ1n) is 4.88. The zero-order chi connectivity index (χ0) is 10.6. The molecule has 0 aliphatic heterocycles. The maximum Gasteiger partial charge on any atom is 0.126 e. The van der Waals surface area contributed by atoms with Gasteiger partial charge in [-0.2, -0.15) is 0 Å². The molecule has 0 amide bonds. The Hall–Kier alpha value is -0.760.